The van der Waals surface area contributed by atoms with Crippen molar-refractivity contribution in [2.45, 2.75) is 17.1 Å². The van der Waals surface area contributed by atoms with Gasteiger partial charge in [0, 0.05) is 30.3 Å². The molecule has 1 aromatic heterocycles. The number of piperidine rings is 1. The molecule has 0 aliphatic carbocycles. The Bertz CT molecular complexity index is 902. The lowest BCUT2D eigenvalue weighted by molar-refractivity contribution is -0.123. The Morgan fingerprint density at radius 2 is 1.88 bits per heavy atom. The molecule has 3 N–H and O–H groups in total. The van der Waals surface area contributed by atoms with Gasteiger partial charge >= 0.3 is 0 Å². The monoisotopic (exact) mass is 393 g/mol. The summed E-state index contributed by atoms with van der Waals surface area (Å²) in [6.45, 7) is 0.912. The van der Waals surface area contributed by atoms with Crippen molar-refractivity contribution >= 4 is 38.9 Å². The van der Waals surface area contributed by atoms with Crippen LogP contribution < -0.4 is 10.5 Å². The molecule has 0 unspecified atom stereocenters. The number of carbonyl (C=O) groups is 2. The molecule has 3 rings (SSSR count). The van der Waals surface area contributed by atoms with E-state index in [4.69, 9.17) is 5.73 Å². The molecule has 0 radical (unpaired) electrons. The van der Waals surface area contributed by atoms with E-state index in [2.05, 4.69) is 4.72 Å². The lowest BCUT2D eigenvalue weighted by Crippen LogP contribution is -2.41. The number of thiophene rings is 1. The first-order valence-corrected chi connectivity index (χ1v) is 10.5. The third kappa shape index (κ3) is 4.05. The second-order valence-electron chi connectivity index (χ2n) is 6.09. The smallest absolute Gasteiger partial charge is 0.271 e. The Morgan fingerprint density at radius 1 is 1.15 bits per heavy atom. The molecule has 7 nitrogen and oxygen atoms in total. The van der Waals surface area contributed by atoms with Crippen LogP contribution in [0.1, 0.15) is 23.2 Å². The first-order chi connectivity index (χ1) is 12.4. The highest BCUT2D eigenvalue weighted by Crippen LogP contribution is 2.23. The van der Waals surface area contributed by atoms with Crippen LogP contribution >= 0.6 is 11.3 Å². The van der Waals surface area contributed by atoms with Gasteiger partial charge in [-0.05, 0) is 42.5 Å². The molecule has 26 heavy (non-hydrogen) atoms. The van der Waals surface area contributed by atoms with Gasteiger partial charge in [-0.25, -0.2) is 8.42 Å². The number of amides is 2. The Morgan fingerprint density at radius 3 is 2.50 bits per heavy atom. The number of nitrogens with two attached hydrogens (primary N) is 1. The maximum absolute atomic E-state index is 12.7. The van der Waals surface area contributed by atoms with Crippen molar-refractivity contribution < 1.29 is 18.0 Å². The summed E-state index contributed by atoms with van der Waals surface area (Å²) in [7, 11) is -3.66. The van der Waals surface area contributed by atoms with Crippen molar-refractivity contribution in [1.82, 2.24) is 4.90 Å². The summed E-state index contributed by atoms with van der Waals surface area (Å²) in [4.78, 5) is 25.5. The van der Waals surface area contributed by atoms with Crippen LogP contribution in [0.5, 0.6) is 0 Å². The number of anilines is 1. The molecule has 0 bridgehead atoms. The Kier molecular flexibility index (Phi) is 5.28. The molecule has 1 aliphatic heterocycles. The zero-order valence-electron chi connectivity index (χ0n) is 13.9. The number of hydrogen-bond donors (Lipinski definition) is 2. The second kappa shape index (κ2) is 7.46. The molecule has 0 atom stereocenters. The number of nitrogens with one attached hydrogen (secondary N) is 1. The fourth-order valence-corrected chi connectivity index (χ4v) is 4.93. The Balaban J connectivity index is 1.71. The average Bonchev–Trinajstić information content (AvgIpc) is 3.17. The van der Waals surface area contributed by atoms with E-state index in [1.54, 1.807) is 34.5 Å². The van der Waals surface area contributed by atoms with E-state index < -0.39 is 10.0 Å². The van der Waals surface area contributed by atoms with Crippen molar-refractivity contribution in [3.05, 3.63) is 47.3 Å². The van der Waals surface area contributed by atoms with Gasteiger partial charge in [-0.15, -0.1) is 11.3 Å². The van der Waals surface area contributed by atoms with Gasteiger partial charge in [-0.1, -0.05) is 12.1 Å². The Hall–Kier alpha value is -2.39. The van der Waals surface area contributed by atoms with Gasteiger partial charge in [0.25, 0.3) is 15.9 Å². The van der Waals surface area contributed by atoms with Crippen molar-refractivity contribution in [1.29, 1.82) is 0 Å². The summed E-state index contributed by atoms with van der Waals surface area (Å²) >= 11 is 1.12. The zero-order valence-corrected chi connectivity index (χ0v) is 15.6. The molecule has 0 saturated carbocycles. The van der Waals surface area contributed by atoms with Crippen LogP contribution in [-0.2, 0) is 14.8 Å². The standard InChI is InChI=1S/C17H19N3O4S2/c18-16(21)12-6-8-20(9-7-12)17(22)13-3-1-4-14(11-13)19-26(23,24)15-5-2-10-25-15/h1-5,10-12,19H,6-9H2,(H2,18,21). The molecule has 1 aromatic carbocycles. The first-order valence-electron chi connectivity index (χ1n) is 8.12. The highest BCUT2D eigenvalue weighted by atomic mass is 32.2. The number of nitrogens with zero attached hydrogens (tertiary/aromatic N) is 1. The lowest BCUT2D eigenvalue weighted by atomic mass is 9.96. The van der Waals surface area contributed by atoms with E-state index >= 15 is 0 Å². The average molecular weight is 393 g/mol. The molecule has 1 saturated heterocycles. The summed E-state index contributed by atoms with van der Waals surface area (Å²) in [5, 5.41) is 1.68. The number of benzene rings is 1. The maximum atomic E-state index is 12.7. The van der Waals surface area contributed by atoms with Crippen LogP contribution in [0.15, 0.2) is 46.0 Å². The van der Waals surface area contributed by atoms with Gasteiger partial charge in [0.15, 0.2) is 0 Å². The minimum Gasteiger partial charge on any atom is -0.369 e. The highest BCUT2D eigenvalue weighted by Gasteiger charge is 2.26. The molecule has 2 aromatic rings. The van der Waals surface area contributed by atoms with Crippen LogP contribution in [0, 0.1) is 5.92 Å². The van der Waals surface area contributed by atoms with E-state index in [0.717, 1.165) is 11.3 Å². The van der Waals surface area contributed by atoms with Crippen LogP contribution in [-0.4, -0.2) is 38.2 Å². The topological polar surface area (TPSA) is 110 Å². The molecule has 0 spiro atoms. The van der Waals surface area contributed by atoms with Gasteiger partial charge < -0.3 is 10.6 Å². The number of primary amides is 1. The number of carbonyl (C=O) groups excluding carboxylic acids is 2. The Labute approximate surface area is 155 Å². The normalized spacial score (nSPS) is 15.6. The van der Waals surface area contributed by atoms with Gasteiger partial charge in [-0.3, -0.25) is 14.3 Å². The van der Waals surface area contributed by atoms with Crippen LogP contribution in [0.2, 0.25) is 0 Å². The third-order valence-corrected chi connectivity index (χ3v) is 7.08. The molecule has 2 amide bonds. The lowest BCUT2D eigenvalue weighted by Gasteiger charge is -2.30. The van der Waals surface area contributed by atoms with Crippen molar-refractivity contribution in [2.75, 3.05) is 17.8 Å². The van der Waals surface area contributed by atoms with Gasteiger partial charge in [0.05, 0.1) is 0 Å². The fraction of sp³-hybridized carbons (Fsp3) is 0.294. The van der Waals surface area contributed by atoms with Gasteiger partial charge in [0.1, 0.15) is 4.21 Å². The second-order valence-corrected chi connectivity index (χ2v) is 8.94. The molecule has 1 fully saturated rings. The summed E-state index contributed by atoms with van der Waals surface area (Å²) in [6.07, 6.45) is 1.09. The molecule has 138 valence electrons. The van der Waals surface area contributed by atoms with Crippen LogP contribution in [0.3, 0.4) is 0 Å². The molecular weight excluding hydrogens is 374 g/mol. The summed E-state index contributed by atoms with van der Waals surface area (Å²) in [5.74, 6) is -0.713. The van der Waals surface area contributed by atoms with Crippen LogP contribution in [0.4, 0.5) is 5.69 Å². The minimum absolute atomic E-state index is 0.190. The van der Waals surface area contributed by atoms with Gasteiger partial charge in [-0.2, -0.15) is 0 Å². The van der Waals surface area contributed by atoms with Gasteiger partial charge in [0.2, 0.25) is 5.91 Å². The SMILES string of the molecule is NC(=O)C1CCN(C(=O)c2cccc(NS(=O)(=O)c3cccs3)c2)CC1. The van der Waals surface area contributed by atoms with E-state index in [9.17, 15) is 18.0 Å². The predicted octanol–water partition coefficient (Wildman–Crippen LogP) is 1.89. The van der Waals surface area contributed by atoms with E-state index in [1.807, 2.05) is 0 Å². The van der Waals surface area contributed by atoms with E-state index in [1.165, 1.54) is 12.1 Å². The molecule has 9 heteroatoms. The minimum atomic E-state index is -3.66. The largest absolute Gasteiger partial charge is 0.369 e. The number of sulfonamides is 1. The number of hydrogen-bond acceptors (Lipinski definition) is 5. The molecular formula is C17H19N3O4S2. The fourth-order valence-electron chi connectivity index (χ4n) is 2.89. The highest BCUT2D eigenvalue weighted by molar-refractivity contribution is 7.94. The van der Waals surface area contributed by atoms with Crippen molar-refractivity contribution in [2.24, 2.45) is 11.7 Å². The number of rotatable bonds is 5. The summed E-state index contributed by atoms with van der Waals surface area (Å²) in [5.41, 5.74) is 6.04. The van der Waals surface area contributed by atoms with E-state index in [0.29, 0.717) is 37.2 Å². The predicted molar refractivity (Wildman–Crippen MR) is 99.4 cm³/mol. The zero-order chi connectivity index (χ0) is 18.7. The maximum Gasteiger partial charge on any atom is 0.271 e. The van der Waals surface area contributed by atoms with Crippen molar-refractivity contribution in [3.63, 3.8) is 0 Å². The van der Waals surface area contributed by atoms with Crippen molar-refractivity contribution in [3.8, 4) is 0 Å². The summed E-state index contributed by atoms with van der Waals surface area (Å²) in [6, 6.07) is 9.58. The third-order valence-electron chi connectivity index (χ3n) is 4.31. The molecule has 1 aliphatic rings. The molecule has 2 heterocycles. The summed E-state index contributed by atoms with van der Waals surface area (Å²) < 4.78 is 27.3. The quantitative estimate of drug-likeness (QED) is 0.808. The number of likely N-dealkylation sites (tertiary alicyclic amines) is 1. The van der Waals surface area contributed by atoms with E-state index in [-0.39, 0.29) is 21.9 Å². The van der Waals surface area contributed by atoms with Crippen LogP contribution in [0.25, 0.3) is 0 Å². The first kappa shape index (κ1) is 18.4.